The number of methoxy groups -OCH3 is 1. The number of benzene rings is 2. The van der Waals surface area contributed by atoms with Crippen LogP contribution in [0.25, 0.3) is 0 Å². The van der Waals surface area contributed by atoms with Gasteiger partial charge in [0.15, 0.2) is 0 Å². The van der Waals surface area contributed by atoms with Gasteiger partial charge in [-0.1, -0.05) is 29.3 Å². The predicted octanol–water partition coefficient (Wildman–Crippen LogP) is 3.70. The zero-order valence-electron chi connectivity index (χ0n) is 16.7. The second kappa shape index (κ2) is 8.74. The summed E-state index contributed by atoms with van der Waals surface area (Å²) in [6.45, 7) is 3.05. The zero-order valence-corrected chi connectivity index (χ0v) is 18.2. The van der Waals surface area contributed by atoms with Crippen LogP contribution in [0.4, 0.5) is 11.4 Å². The van der Waals surface area contributed by atoms with Crippen molar-refractivity contribution in [3.05, 3.63) is 52.5 Å². The molecule has 2 aliphatic heterocycles. The van der Waals surface area contributed by atoms with Crippen LogP contribution in [0.15, 0.2) is 42.5 Å². The molecule has 30 heavy (non-hydrogen) atoms. The van der Waals surface area contributed by atoms with Gasteiger partial charge in [0, 0.05) is 54.9 Å². The Morgan fingerprint density at radius 1 is 1.03 bits per heavy atom. The molecule has 2 aliphatic rings. The highest BCUT2D eigenvalue weighted by molar-refractivity contribution is 6.31. The van der Waals surface area contributed by atoms with E-state index >= 15 is 0 Å². The van der Waals surface area contributed by atoms with Crippen molar-refractivity contribution in [1.82, 2.24) is 4.90 Å². The third-order valence-electron chi connectivity index (χ3n) is 5.67. The molecular formula is C22H23Cl2N3O3. The van der Waals surface area contributed by atoms with Crippen LogP contribution in [0.3, 0.4) is 0 Å². The second-order valence-electron chi connectivity index (χ2n) is 7.51. The predicted molar refractivity (Wildman–Crippen MR) is 119 cm³/mol. The molecule has 1 unspecified atom stereocenters. The average molecular weight is 448 g/mol. The van der Waals surface area contributed by atoms with Gasteiger partial charge in [0.25, 0.3) is 0 Å². The molecule has 0 radical (unpaired) electrons. The van der Waals surface area contributed by atoms with Crippen LogP contribution >= 0.6 is 23.2 Å². The number of anilines is 2. The molecule has 0 spiro atoms. The third kappa shape index (κ3) is 4.20. The first-order valence-corrected chi connectivity index (χ1v) is 10.6. The maximum absolute atomic E-state index is 13.1. The summed E-state index contributed by atoms with van der Waals surface area (Å²) in [6, 6.07) is 12.9. The maximum atomic E-state index is 13.1. The number of piperazine rings is 1. The van der Waals surface area contributed by atoms with E-state index < -0.39 is 0 Å². The van der Waals surface area contributed by atoms with Gasteiger partial charge in [0.05, 0.1) is 18.7 Å². The van der Waals surface area contributed by atoms with Crippen LogP contribution in [0.1, 0.15) is 6.42 Å². The van der Waals surface area contributed by atoms with E-state index in [1.165, 1.54) is 0 Å². The number of ether oxygens (including phenoxy) is 1. The van der Waals surface area contributed by atoms with Crippen LogP contribution in [-0.4, -0.2) is 56.5 Å². The fourth-order valence-corrected chi connectivity index (χ4v) is 4.45. The van der Waals surface area contributed by atoms with Gasteiger partial charge in [-0.2, -0.15) is 0 Å². The Kier molecular flexibility index (Phi) is 6.06. The molecule has 0 bridgehead atoms. The van der Waals surface area contributed by atoms with Gasteiger partial charge in [0.2, 0.25) is 11.8 Å². The van der Waals surface area contributed by atoms with Crippen molar-refractivity contribution in [2.45, 2.75) is 6.42 Å². The van der Waals surface area contributed by atoms with Crippen LogP contribution < -0.4 is 14.5 Å². The maximum Gasteiger partial charge on any atom is 0.228 e. The van der Waals surface area contributed by atoms with Crippen molar-refractivity contribution in [1.29, 1.82) is 0 Å². The Morgan fingerprint density at radius 3 is 2.47 bits per heavy atom. The Labute approximate surface area is 185 Å². The summed E-state index contributed by atoms with van der Waals surface area (Å²) in [5.74, 6) is 0.138. The highest BCUT2D eigenvalue weighted by Gasteiger charge is 2.39. The first-order valence-electron chi connectivity index (χ1n) is 9.89. The molecule has 2 saturated heterocycles. The fraction of sp³-hybridized carbons (Fsp3) is 0.364. The minimum Gasteiger partial charge on any atom is -0.495 e. The van der Waals surface area contributed by atoms with Gasteiger partial charge in [-0.3, -0.25) is 9.59 Å². The summed E-state index contributed by atoms with van der Waals surface area (Å²) >= 11 is 12.2. The summed E-state index contributed by atoms with van der Waals surface area (Å²) in [6.07, 6.45) is 0.197. The molecule has 0 aromatic heterocycles. The van der Waals surface area contributed by atoms with Crippen LogP contribution in [-0.2, 0) is 9.59 Å². The molecule has 2 amide bonds. The molecule has 6 nitrogen and oxygen atoms in total. The molecule has 8 heteroatoms. The zero-order chi connectivity index (χ0) is 21.3. The van der Waals surface area contributed by atoms with Crippen LogP contribution in [0.5, 0.6) is 5.75 Å². The van der Waals surface area contributed by atoms with Crippen LogP contribution in [0.2, 0.25) is 10.0 Å². The molecule has 2 aromatic rings. The molecule has 1 atom stereocenters. The monoisotopic (exact) mass is 447 g/mol. The van der Waals surface area contributed by atoms with E-state index in [1.807, 2.05) is 29.2 Å². The number of amides is 2. The van der Waals surface area contributed by atoms with Crippen LogP contribution in [0, 0.1) is 5.92 Å². The van der Waals surface area contributed by atoms with Crippen molar-refractivity contribution in [2.75, 3.05) is 49.6 Å². The van der Waals surface area contributed by atoms with Crippen molar-refractivity contribution in [2.24, 2.45) is 5.92 Å². The Balaban J connectivity index is 1.41. The Morgan fingerprint density at radius 2 is 1.77 bits per heavy atom. The average Bonchev–Trinajstić information content (AvgIpc) is 3.14. The first-order chi connectivity index (χ1) is 14.5. The van der Waals surface area contributed by atoms with Crippen molar-refractivity contribution >= 4 is 46.4 Å². The van der Waals surface area contributed by atoms with E-state index in [2.05, 4.69) is 4.90 Å². The second-order valence-corrected chi connectivity index (χ2v) is 8.39. The topological polar surface area (TPSA) is 53.1 Å². The number of carbonyl (C=O) groups is 2. The molecule has 158 valence electrons. The highest BCUT2D eigenvalue weighted by Crippen LogP contribution is 2.35. The van der Waals surface area contributed by atoms with E-state index in [-0.39, 0.29) is 24.2 Å². The van der Waals surface area contributed by atoms with Gasteiger partial charge in [-0.25, -0.2) is 0 Å². The summed E-state index contributed by atoms with van der Waals surface area (Å²) in [5.41, 5.74) is 1.67. The minimum atomic E-state index is -0.362. The van der Waals surface area contributed by atoms with Crippen molar-refractivity contribution in [3.63, 3.8) is 0 Å². The number of carbonyl (C=O) groups excluding carboxylic acids is 2. The normalized spacial score (nSPS) is 19.4. The summed E-state index contributed by atoms with van der Waals surface area (Å²) < 4.78 is 5.37. The van der Waals surface area contributed by atoms with Gasteiger partial charge < -0.3 is 19.4 Å². The molecule has 2 fully saturated rings. The molecular weight excluding hydrogens is 425 g/mol. The minimum absolute atomic E-state index is 0.0255. The number of halogens is 2. The highest BCUT2D eigenvalue weighted by atomic mass is 35.5. The number of hydrogen-bond donors (Lipinski definition) is 0. The largest absolute Gasteiger partial charge is 0.495 e. The lowest BCUT2D eigenvalue weighted by Gasteiger charge is -2.37. The van der Waals surface area contributed by atoms with Crippen molar-refractivity contribution in [3.8, 4) is 5.75 Å². The molecule has 4 rings (SSSR count). The standard InChI is InChI=1S/C22H23Cl2N3O3/c1-30-20-6-5-17(24)13-19(20)27-14-15(11-21(27)28)22(29)26-9-7-25(8-10-26)18-4-2-3-16(23)12-18/h2-6,12-13,15H,7-11,14H2,1H3. The smallest absolute Gasteiger partial charge is 0.228 e. The lowest BCUT2D eigenvalue weighted by molar-refractivity contribution is -0.136. The van der Waals surface area contributed by atoms with Crippen molar-refractivity contribution < 1.29 is 14.3 Å². The fourth-order valence-electron chi connectivity index (χ4n) is 4.10. The molecule has 2 heterocycles. The third-order valence-corrected chi connectivity index (χ3v) is 6.14. The van der Waals surface area contributed by atoms with Gasteiger partial charge >= 0.3 is 0 Å². The van der Waals surface area contributed by atoms with E-state index in [0.717, 1.165) is 18.8 Å². The van der Waals surface area contributed by atoms with E-state index in [9.17, 15) is 9.59 Å². The number of rotatable bonds is 4. The van der Waals surface area contributed by atoms with E-state index in [4.69, 9.17) is 27.9 Å². The lowest BCUT2D eigenvalue weighted by Crippen LogP contribution is -2.50. The van der Waals surface area contributed by atoms with E-state index in [1.54, 1.807) is 30.2 Å². The molecule has 2 aromatic carbocycles. The summed E-state index contributed by atoms with van der Waals surface area (Å²) in [4.78, 5) is 31.4. The Bertz CT molecular complexity index is 960. The molecule has 0 N–H and O–H groups in total. The Hall–Kier alpha value is -2.44. The summed E-state index contributed by atoms with van der Waals surface area (Å²) in [5, 5.41) is 1.22. The SMILES string of the molecule is COc1ccc(Cl)cc1N1CC(C(=O)N2CCN(c3cccc(Cl)c3)CC2)CC1=O. The summed E-state index contributed by atoms with van der Waals surface area (Å²) in [7, 11) is 1.55. The number of nitrogens with zero attached hydrogens (tertiary/aromatic N) is 3. The van der Waals surface area contributed by atoms with Gasteiger partial charge in [0.1, 0.15) is 5.75 Å². The van der Waals surface area contributed by atoms with Gasteiger partial charge in [-0.15, -0.1) is 0 Å². The quantitative estimate of drug-likeness (QED) is 0.716. The van der Waals surface area contributed by atoms with Gasteiger partial charge in [-0.05, 0) is 36.4 Å². The molecule has 0 saturated carbocycles. The van der Waals surface area contributed by atoms with E-state index in [0.29, 0.717) is 41.1 Å². The lowest BCUT2D eigenvalue weighted by atomic mass is 10.1. The first kappa shape index (κ1) is 20.8. The number of hydrogen-bond acceptors (Lipinski definition) is 4. The molecule has 0 aliphatic carbocycles.